The number of nitrogens with zero attached hydrogens (tertiary/aromatic N) is 1. The molecule has 1 aromatic carbocycles. The molecule has 0 spiro atoms. The van der Waals surface area contributed by atoms with E-state index in [1.165, 1.54) is 5.56 Å². The van der Waals surface area contributed by atoms with Crippen molar-refractivity contribution >= 4 is 5.78 Å². The molecule has 0 saturated heterocycles. The molecule has 0 atom stereocenters. The van der Waals surface area contributed by atoms with Crippen LogP contribution in [-0.4, -0.2) is 31.3 Å². The quantitative estimate of drug-likeness (QED) is 0.688. The van der Waals surface area contributed by atoms with Gasteiger partial charge >= 0.3 is 0 Å². The molecule has 0 aliphatic heterocycles. The van der Waals surface area contributed by atoms with Crippen LogP contribution in [-0.2, 0) is 6.42 Å². The maximum Gasteiger partial charge on any atom is 0.176 e. The smallest absolute Gasteiger partial charge is 0.176 e. The number of carbonyl (C=O) groups is 1. The summed E-state index contributed by atoms with van der Waals surface area (Å²) < 4.78 is 0. The van der Waals surface area contributed by atoms with Crippen LogP contribution in [0.25, 0.3) is 0 Å². The second kappa shape index (κ2) is 5.66. The second-order valence-electron chi connectivity index (χ2n) is 4.11. The maximum absolute atomic E-state index is 11.8. The van der Waals surface area contributed by atoms with E-state index in [1.54, 1.807) is 0 Å². The molecule has 2 nitrogen and oxygen atoms in total. The summed E-state index contributed by atoms with van der Waals surface area (Å²) in [6.07, 6.45) is 2.16. The summed E-state index contributed by atoms with van der Waals surface area (Å²) in [7, 11) is 3.82. The third-order valence-electron chi connectivity index (χ3n) is 2.25. The van der Waals surface area contributed by atoms with Crippen molar-refractivity contribution in [2.75, 3.05) is 20.6 Å². The van der Waals surface area contributed by atoms with Gasteiger partial charge in [-0.3, -0.25) is 4.79 Å². The third-order valence-corrected chi connectivity index (χ3v) is 2.25. The highest BCUT2D eigenvalue weighted by atomic mass is 16.1. The van der Waals surface area contributed by atoms with Gasteiger partial charge in [-0.15, -0.1) is 0 Å². The molecule has 0 aliphatic rings. The average Bonchev–Trinajstić information content (AvgIpc) is 2.17. The minimum absolute atomic E-state index is 0.193. The number of hydrogen-bond donors (Lipinski definition) is 0. The lowest BCUT2D eigenvalue weighted by Gasteiger charge is -2.09. The van der Waals surface area contributed by atoms with Crippen molar-refractivity contribution < 1.29 is 4.79 Å². The van der Waals surface area contributed by atoms with Crippen molar-refractivity contribution in [3.05, 3.63) is 35.4 Å². The van der Waals surface area contributed by atoms with Crippen LogP contribution >= 0.6 is 0 Å². The summed E-state index contributed by atoms with van der Waals surface area (Å²) in [6.45, 7) is 2.63. The Kier molecular flexibility index (Phi) is 4.50. The van der Waals surface area contributed by atoms with Crippen LogP contribution in [0, 0.1) is 0 Å². The normalized spacial score (nSPS) is 10.7. The summed E-state index contributed by atoms with van der Waals surface area (Å²) in [5.41, 5.74) is 2.08. The van der Waals surface area contributed by atoms with E-state index in [-0.39, 0.29) is 5.78 Å². The average molecular weight is 205 g/mol. The van der Waals surface area contributed by atoms with E-state index in [9.17, 15) is 4.79 Å². The molecule has 0 bridgehead atoms. The van der Waals surface area contributed by atoms with Gasteiger partial charge in [0.05, 0.1) is 6.54 Å². The van der Waals surface area contributed by atoms with Crippen molar-refractivity contribution in [1.82, 2.24) is 4.90 Å². The zero-order valence-electron chi connectivity index (χ0n) is 9.79. The van der Waals surface area contributed by atoms with Crippen LogP contribution < -0.4 is 0 Å². The number of likely N-dealkylation sites (N-methyl/N-ethyl adjacent to an activating group) is 1. The summed E-state index contributed by atoms with van der Waals surface area (Å²) in [4.78, 5) is 13.7. The molecule has 0 radical (unpaired) electrons. The minimum Gasteiger partial charge on any atom is -0.302 e. The molecular weight excluding hydrogens is 186 g/mol. The van der Waals surface area contributed by atoms with Crippen molar-refractivity contribution in [2.45, 2.75) is 19.8 Å². The molecule has 2 heteroatoms. The molecule has 0 aliphatic carbocycles. The van der Waals surface area contributed by atoms with Crippen molar-refractivity contribution in [3.63, 3.8) is 0 Å². The SMILES string of the molecule is CCCc1cccc(C(=O)CN(C)C)c1. The van der Waals surface area contributed by atoms with Crippen molar-refractivity contribution in [1.29, 1.82) is 0 Å². The fourth-order valence-corrected chi connectivity index (χ4v) is 1.57. The van der Waals surface area contributed by atoms with Gasteiger partial charge in [0.15, 0.2) is 5.78 Å². The molecule has 1 rings (SSSR count). The fraction of sp³-hybridized carbons (Fsp3) is 0.462. The third kappa shape index (κ3) is 3.84. The van der Waals surface area contributed by atoms with E-state index in [0.717, 1.165) is 18.4 Å². The van der Waals surface area contributed by atoms with Crippen molar-refractivity contribution in [2.24, 2.45) is 0 Å². The van der Waals surface area contributed by atoms with Gasteiger partial charge in [0.2, 0.25) is 0 Å². The first-order valence-electron chi connectivity index (χ1n) is 5.40. The highest BCUT2D eigenvalue weighted by molar-refractivity contribution is 5.97. The topological polar surface area (TPSA) is 20.3 Å². The number of rotatable bonds is 5. The summed E-state index contributed by atoms with van der Waals surface area (Å²) in [5, 5.41) is 0. The van der Waals surface area contributed by atoms with Crippen LogP contribution in [0.5, 0.6) is 0 Å². The van der Waals surface area contributed by atoms with Gasteiger partial charge in [-0.2, -0.15) is 0 Å². The van der Waals surface area contributed by atoms with Crippen LogP contribution in [0.2, 0.25) is 0 Å². The standard InChI is InChI=1S/C13H19NO/c1-4-6-11-7-5-8-12(9-11)13(15)10-14(2)3/h5,7-9H,4,6,10H2,1-3H3. The number of hydrogen-bond acceptors (Lipinski definition) is 2. The Labute approximate surface area is 91.9 Å². The Morgan fingerprint density at radius 2 is 2.07 bits per heavy atom. The summed E-state index contributed by atoms with van der Waals surface area (Å²) in [6, 6.07) is 7.95. The summed E-state index contributed by atoms with van der Waals surface area (Å²) >= 11 is 0. The van der Waals surface area contributed by atoms with E-state index >= 15 is 0 Å². The monoisotopic (exact) mass is 205 g/mol. The van der Waals surface area contributed by atoms with Gasteiger partial charge in [0, 0.05) is 5.56 Å². The fourth-order valence-electron chi connectivity index (χ4n) is 1.57. The van der Waals surface area contributed by atoms with Crippen LogP contribution in [0.3, 0.4) is 0 Å². The molecule has 82 valence electrons. The first-order valence-corrected chi connectivity index (χ1v) is 5.40. The Hall–Kier alpha value is -1.15. The molecule has 0 fully saturated rings. The largest absolute Gasteiger partial charge is 0.302 e. The molecule has 0 saturated carbocycles. The van der Waals surface area contributed by atoms with Crippen molar-refractivity contribution in [3.8, 4) is 0 Å². The molecule has 15 heavy (non-hydrogen) atoms. The van der Waals surface area contributed by atoms with Gasteiger partial charge in [0.1, 0.15) is 0 Å². The van der Waals surface area contributed by atoms with Gasteiger partial charge in [-0.05, 0) is 32.1 Å². The predicted octanol–water partition coefficient (Wildman–Crippen LogP) is 2.38. The number of ketones is 1. The van der Waals surface area contributed by atoms with Gasteiger partial charge < -0.3 is 4.90 Å². The zero-order valence-corrected chi connectivity index (χ0v) is 9.79. The molecular formula is C13H19NO. The Balaban J connectivity index is 2.76. The Morgan fingerprint density at radius 1 is 1.33 bits per heavy atom. The van der Waals surface area contributed by atoms with Gasteiger partial charge in [-0.25, -0.2) is 0 Å². The molecule has 0 heterocycles. The highest BCUT2D eigenvalue weighted by Crippen LogP contribution is 2.08. The minimum atomic E-state index is 0.193. The lowest BCUT2D eigenvalue weighted by Crippen LogP contribution is -2.21. The molecule has 0 unspecified atom stereocenters. The van der Waals surface area contributed by atoms with Gasteiger partial charge in [-0.1, -0.05) is 31.5 Å². The second-order valence-corrected chi connectivity index (χ2v) is 4.11. The predicted molar refractivity (Wildman–Crippen MR) is 63.3 cm³/mol. The van der Waals surface area contributed by atoms with Crippen LogP contribution in [0.4, 0.5) is 0 Å². The number of carbonyl (C=O) groups excluding carboxylic acids is 1. The first kappa shape index (κ1) is 11.9. The lowest BCUT2D eigenvalue weighted by molar-refractivity contribution is 0.0958. The molecule has 1 aromatic rings. The highest BCUT2D eigenvalue weighted by Gasteiger charge is 2.06. The lowest BCUT2D eigenvalue weighted by atomic mass is 10.0. The Morgan fingerprint density at radius 3 is 2.67 bits per heavy atom. The van der Waals surface area contributed by atoms with Gasteiger partial charge in [0.25, 0.3) is 0 Å². The molecule has 0 N–H and O–H groups in total. The Bertz CT molecular complexity index is 331. The molecule has 0 amide bonds. The summed E-state index contributed by atoms with van der Waals surface area (Å²) in [5.74, 6) is 0.193. The number of aryl methyl sites for hydroxylation is 1. The van der Waals surface area contributed by atoms with E-state index in [4.69, 9.17) is 0 Å². The van der Waals surface area contributed by atoms with E-state index in [1.807, 2.05) is 37.2 Å². The zero-order chi connectivity index (χ0) is 11.3. The van der Waals surface area contributed by atoms with Crippen LogP contribution in [0.1, 0.15) is 29.3 Å². The number of benzene rings is 1. The van der Waals surface area contributed by atoms with E-state index in [0.29, 0.717) is 6.54 Å². The number of Topliss-reactive ketones (excluding diaryl/α,β-unsaturated/α-hetero) is 1. The first-order chi connectivity index (χ1) is 7.13. The van der Waals surface area contributed by atoms with E-state index in [2.05, 4.69) is 13.0 Å². The molecule has 0 aromatic heterocycles. The maximum atomic E-state index is 11.8. The van der Waals surface area contributed by atoms with E-state index < -0.39 is 0 Å². The van der Waals surface area contributed by atoms with Crippen LogP contribution in [0.15, 0.2) is 24.3 Å².